The van der Waals surface area contributed by atoms with Crippen LogP contribution in [0.15, 0.2) is 65.6 Å². The van der Waals surface area contributed by atoms with Gasteiger partial charge in [0, 0.05) is 17.2 Å². The Balaban J connectivity index is 1.62. The lowest BCUT2D eigenvalue weighted by atomic mass is 9.95. The zero-order valence-electron chi connectivity index (χ0n) is 15.0. The van der Waals surface area contributed by atoms with Crippen LogP contribution in [0.25, 0.3) is 0 Å². The van der Waals surface area contributed by atoms with Crippen LogP contribution in [0.2, 0.25) is 0 Å². The van der Waals surface area contributed by atoms with Crippen LogP contribution in [0, 0.1) is 6.92 Å². The summed E-state index contributed by atoms with van der Waals surface area (Å²) in [5.41, 5.74) is 2.41. The Labute approximate surface area is 162 Å². The number of ether oxygens (including phenoxy) is 3. The highest BCUT2D eigenvalue weighted by Gasteiger charge is 2.33. The number of benzene rings is 3. The number of aryl methyl sites for hydroxylation is 1. The maximum atomic E-state index is 13.1. The molecule has 0 radical (unpaired) electrons. The number of rotatable bonds is 3. The van der Waals surface area contributed by atoms with Gasteiger partial charge in [-0.1, -0.05) is 35.9 Å². The quantitative estimate of drug-likeness (QED) is 0.728. The van der Waals surface area contributed by atoms with E-state index in [-0.39, 0.29) is 11.7 Å². The molecule has 0 aromatic heterocycles. The van der Waals surface area contributed by atoms with Crippen LogP contribution in [0.5, 0.6) is 23.0 Å². The fourth-order valence-corrected chi connectivity index (χ4v) is 4.61. The first kappa shape index (κ1) is 17.1. The summed E-state index contributed by atoms with van der Waals surface area (Å²) in [6, 6.07) is 17.0. The molecule has 0 spiro atoms. The van der Waals surface area contributed by atoms with E-state index in [1.165, 1.54) is 0 Å². The van der Waals surface area contributed by atoms with Crippen LogP contribution in [-0.4, -0.2) is 15.2 Å². The van der Waals surface area contributed by atoms with Crippen LogP contribution < -0.4 is 18.9 Å². The third-order valence-electron chi connectivity index (χ3n) is 4.87. The van der Waals surface area contributed by atoms with E-state index in [0.29, 0.717) is 28.6 Å². The zero-order chi connectivity index (χ0) is 19.3. The van der Waals surface area contributed by atoms with Crippen LogP contribution in [0.1, 0.15) is 22.7 Å². The van der Waals surface area contributed by atoms with Crippen molar-refractivity contribution < 1.29 is 22.6 Å². The van der Waals surface area contributed by atoms with Crippen molar-refractivity contribution in [3.8, 4) is 23.0 Å². The molecule has 0 saturated heterocycles. The van der Waals surface area contributed by atoms with E-state index in [9.17, 15) is 8.42 Å². The van der Waals surface area contributed by atoms with Crippen molar-refractivity contribution in [2.75, 3.05) is 6.79 Å². The summed E-state index contributed by atoms with van der Waals surface area (Å²) in [5, 5.41) is 0. The van der Waals surface area contributed by atoms with E-state index < -0.39 is 16.1 Å². The molecule has 6 nitrogen and oxygen atoms in total. The van der Waals surface area contributed by atoms with Crippen molar-refractivity contribution in [2.45, 2.75) is 17.9 Å². The summed E-state index contributed by atoms with van der Waals surface area (Å²) in [7, 11) is -3.75. The molecule has 2 heterocycles. The summed E-state index contributed by atoms with van der Waals surface area (Å²) in [6.07, 6.45) is 0. The summed E-state index contributed by atoms with van der Waals surface area (Å²) in [5.74, 6) is 2.30. The van der Waals surface area contributed by atoms with Gasteiger partial charge < -0.3 is 14.2 Å². The van der Waals surface area contributed by atoms with Crippen molar-refractivity contribution in [3.63, 3.8) is 0 Å². The predicted molar refractivity (Wildman–Crippen MR) is 102 cm³/mol. The van der Waals surface area contributed by atoms with Crippen LogP contribution in [-0.2, 0) is 10.0 Å². The van der Waals surface area contributed by atoms with Crippen molar-refractivity contribution in [1.82, 2.24) is 4.72 Å². The third kappa shape index (κ3) is 2.80. The van der Waals surface area contributed by atoms with Gasteiger partial charge in [-0.2, -0.15) is 4.72 Å². The molecule has 1 atom stereocenters. The lowest BCUT2D eigenvalue weighted by Crippen LogP contribution is -2.31. The second-order valence-corrected chi connectivity index (χ2v) is 8.46. The average molecular weight is 395 g/mol. The first-order valence-electron chi connectivity index (χ1n) is 8.80. The molecule has 0 fully saturated rings. The minimum Gasteiger partial charge on any atom is -0.456 e. The molecule has 0 aliphatic carbocycles. The SMILES string of the molecule is Cc1ccc(S(=O)(=O)NC2c3ccccc3Oc3cc4c(cc32)OCO4)cc1. The highest BCUT2D eigenvalue weighted by molar-refractivity contribution is 7.89. The summed E-state index contributed by atoms with van der Waals surface area (Å²) in [4.78, 5) is 0.212. The number of fused-ring (bicyclic) bond motifs is 3. The second-order valence-electron chi connectivity index (χ2n) is 6.75. The molecule has 2 aliphatic rings. The van der Waals surface area contributed by atoms with Gasteiger partial charge in [-0.3, -0.25) is 0 Å². The highest BCUT2D eigenvalue weighted by atomic mass is 32.2. The van der Waals surface area contributed by atoms with Crippen LogP contribution in [0.3, 0.4) is 0 Å². The molecule has 5 rings (SSSR count). The molecule has 0 amide bonds. The highest BCUT2D eigenvalue weighted by Crippen LogP contribution is 2.48. The van der Waals surface area contributed by atoms with Gasteiger partial charge in [-0.25, -0.2) is 8.42 Å². The average Bonchev–Trinajstić information content (AvgIpc) is 3.14. The number of sulfonamides is 1. The lowest BCUT2D eigenvalue weighted by Gasteiger charge is -2.29. The van der Waals surface area contributed by atoms with Gasteiger partial charge in [0.1, 0.15) is 11.5 Å². The molecule has 0 bridgehead atoms. The Hall–Kier alpha value is -3.03. The van der Waals surface area contributed by atoms with Gasteiger partial charge in [0.2, 0.25) is 16.8 Å². The van der Waals surface area contributed by atoms with Gasteiger partial charge in [0.25, 0.3) is 0 Å². The zero-order valence-corrected chi connectivity index (χ0v) is 15.8. The largest absolute Gasteiger partial charge is 0.456 e. The Morgan fingerprint density at radius 3 is 2.36 bits per heavy atom. The summed E-state index contributed by atoms with van der Waals surface area (Å²) in [6.45, 7) is 2.04. The minimum absolute atomic E-state index is 0.130. The van der Waals surface area contributed by atoms with Gasteiger partial charge in [-0.05, 0) is 31.2 Å². The summed E-state index contributed by atoms with van der Waals surface area (Å²) < 4.78 is 45.8. The van der Waals surface area contributed by atoms with E-state index in [2.05, 4.69) is 4.72 Å². The molecule has 1 N–H and O–H groups in total. The normalized spacial score (nSPS) is 16.8. The summed E-state index contributed by atoms with van der Waals surface area (Å²) >= 11 is 0. The van der Waals surface area contributed by atoms with E-state index in [1.807, 2.05) is 31.2 Å². The molecule has 142 valence electrons. The molecule has 7 heteroatoms. The minimum atomic E-state index is -3.75. The maximum Gasteiger partial charge on any atom is 0.241 e. The maximum absolute atomic E-state index is 13.1. The third-order valence-corrected chi connectivity index (χ3v) is 6.31. The number of hydrogen-bond donors (Lipinski definition) is 1. The fourth-order valence-electron chi connectivity index (χ4n) is 3.42. The van der Waals surface area contributed by atoms with E-state index in [1.54, 1.807) is 36.4 Å². The van der Waals surface area contributed by atoms with Gasteiger partial charge in [0.05, 0.1) is 10.9 Å². The Bertz CT molecular complexity index is 1170. The van der Waals surface area contributed by atoms with E-state index in [0.717, 1.165) is 11.1 Å². The molecule has 3 aromatic rings. The molecule has 1 unspecified atom stereocenters. The molecule has 0 saturated carbocycles. The topological polar surface area (TPSA) is 73.9 Å². The number of hydrogen-bond acceptors (Lipinski definition) is 5. The standard InChI is InChI=1S/C21H17NO5S/c1-13-6-8-14(9-7-13)28(23,24)22-21-15-4-2-3-5-17(15)27-18-11-20-19(10-16(18)21)25-12-26-20/h2-11,21-22H,12H2,1H3. The monoisotopic (exact) mass is 395 g/mol. The molecule has 28 heavy (non-hydrogen) atoms. The Morgan fingerprint density at radius 1 is 0.857 bits per heavy atom. The van der Waals surface area contributed by atoms with Gasteiger partial charge >= 0.3 is 0 Å². The van der Waals surface area contributed by atoms with Gasteiger partial charge in [-0.15, -0.1) is 0 Å². The Morgan fingerprint density at radius 2 is 1.57 bits per heavy atom. The smallest absolute Gasteiger partial charge is 0.241 e. The van der Waals surface area contributed by atoms with Crippen molar-refractivity contribution in [1.29, 1.82) is 0 Å². The van der Waals surface area contributed by atoms with E-state index >= 15 is 0 Å². The number of para-hydroxylation sites is 1. The molecule has 3 aromatic carbocycles. The predicted octanol–water partition coefficient (Wildman–Crippen LogP) is 3.90. The van der Waals surface area contributed by atoms with Gasteiger partial charge in [0.15, 0.2) is 11.5 Å². The second kappa shape index (κ2) is 6.25. The molecule has 2 aliphatic heterocycles. The molecular formula is C21H17NO5S. The lowest BCUT2D eigenvalue weighted by molar-refractivity contribution is 0.174. The molecular weight excluding hydrogens is 378 g/mol. The van der Waals surface area contributed by atoms with E-state index in [4.69, 9.17) is 14.2 Å². The van der Waals surface area contributed by atoms with Crippen molar-refractivity contribution >= 4 is 10.0 Å². The van der Waals surface area contributed by atoms with Crippen molar-refractivity contribution in [3.05, 3.63) is 77.4 Å². The van der Waals surface area contributed by atoms with Crippen LogP contribution >= 0.6 is 0 Å². The fraction of sp³-hybridized carbons (Fsp3) is 0.143. The number of nitrogens with one attached hydrogen (secondary N) is 1. The van der Waals surface area contributed by atoms with Crippen LogP contribution in [0.4, 0.5) is 0 Å². The Kier molecular flexibility index (Phi) is 3.82. The first-order chi connectivity index (χ1) is 13.5. The van der Waals surface area contributed by atoms with Crippen molar-refractivity contribution in [2.24, 2.45) is 0 Å². The first-order valence-corrected chi connectivity index (χ1v) is 10.3.